The van der Waals surface area contributed by atoms with Crippen LogP contribution in [0.2, 0.25) is 0 Å². The van der Waals surface area contributed by atoms with Crippen LogP contribution in [0.25, 0.3) is 0 Å². The number of rotatable bonds is 3. The third kappa shape index (κ3) is 3.80. The van der Waals surface area contributed by atoms with Crippen LogP contribution in [0, 0.1) is 5.92 Å². The second-order valence-electron chi connectivity index (χ2n) is 4.75. The molecule has 0 unspecified atom stereocenters. The molecule has 1 heterocycles. The van der Waals surface area contributed by atoms with Gasteiger partial charge in [0.05, 0.1) is 6.04 Å². The zero-order chi connectivity index (χ0) is 11.4. The summed E-state index contributed by atoms with van der Waals surface area (Å²) in [6.07, 6.45) is 2.38. The summed E-state index contributed by atoms with van der Waals surface area (Å²) in [7, 11) is 4.00. The Labute approximate surface area is 92.4 Å². The Kier molecular flexibility index (Phi) is 4.54. The zero-order valence-corrected chi connectivity index (χ0v) is 10.1. The number of nitrogens with two attached hydrogens (primary N) is 1. The highest BCUT2D eigenvalue weighted by Gasteiger charge is 2.21. The lowest BCUT2D eigenvalue weighted by Crippen LogP contribution is -2.43. The average molecular weight is 213 g/mol. The van der Waals surface area contributed by atoms with Crippen LogP contribution in [-0.2, 0) is 4.79 Å². The summed E-state index contributed by atoms with van der Waals surface area (Å²) in [5.74, 6) is 0.697. The number of nitrogens with zero attached hydrogens (tertiary/aromatic N) is 2. The topological polar surface area (TPSA) is 49.6 Å². The summed E-state index contributed by atoms with van der Waals surface area (Å²) in [5.41, 5.74) is 5.56. The highest BCUT2D eigenvalue weighted by molar-refractivity contribution is 5.80. The van der Waals surface area contributed by atoms with Gasteiger partial charge >= 0.3 is 0 Å². The van der Waals surface area contributed by atoms with E-state index in [1.165, 1.54) is 12.8 Å². The molecule has 1 aliphatic rings. The van der Waals surface area contributed by atoms with Gasteiger partial charge in [-0.2, -0.15) is 0 Å². The first kappa shape index (κ1) is 12.5. The fourth-order valence-electron chi connectivity index (χ4n) is 2.07. The van der Waals surface area contributed by atoms with E-state index in [4.69, 9.17) is 5.73 Å². The summed E-state index contributed by atoms with van der Waals surface area (Å²) in [6.45, 7) is 4.89. The van der Waals surface area contributed by atoms with Gasteiger partial charge in [0.2, 0.25) is 5.91 Å². The molecule has 0 bridgehead atoms. The lowest BCUT2D eigenvalue weighted by Gasteiger charge is -2.32. The van der Waals surface area contributed by atoms with Gasteiger partial charge in [-0.25, -0.2) is 0 Å². The number of carbonyl (C=O) groups excluding carboxylic acids is 1. The number of hydrogen-bond acceptors (Lipinski definition) is 3. The maximum Gasteiger partial charge on any atom is 0.238 e. The van der Waals surface area contributed by atoms with Gasteiger partial charge in [-0.3, -0.25) is 4.79 Å². The van der Waals surface area contributed by atoms with Crippen LogP contribution in [0.4, 0.5) is 0 Å². The van der Waals surface area contributed by atoms with Crippen LogP contribution in [0.3, 0.4) is 0 Å². The average Bonchev–Trinajstić information content (AvgIpc) is 2.20. The Bertz CT molecular complexity index is 210. The third-order valence-electron chi connectivity index (χ3n) is 3.14. The normalized spacial score (nSPS) is 21.3. The van der Waals surface area contributed by atoms with Crippen molar-refractivity contribution in [2.75, 3.05) is 33.7 Å². The minimum absolute atomic E-state index is 0.0499. The van der Waals surface area contributed by atoms with Crippen molar-refractivity contribution >= 4 is 5.91 Å². The standard InChI is InChI=1S/C11H23N3O/c1-9(12)11(15)14(3)8-10-4-6-13(2)7-5-10/h9-10H,4-8,12H2,1-3H3/t9-/m1/s1. The Balaban J connectivity index is 2.32. The molecule has 88 valence electrons. The van der Waals surface area contributed by atoms with Crippen molar-refractivity contribution in [1.29, 1.82) is 0 Å². The molecule has 1 amide bonds. The molecule has 1 rings (SSSR count). The summed E-state index contributed by atoms with van der Waals surface area (Å²) in [5, 5.41) is 0. The molecule has 1 fully saturated rings. The van der Waals surface area contributed by atoms with Gasteiger partial charge in [-0.15, -0.1) is 0 Å². The highest BCUT2D eigenvalue weighted by atomic mass is 16.2. The lowest BCUT2D eigenvalue weighted by molar-refractivity contribution is -0.131. The van der Waals surface area contributed by atoms with Crippen molar-refractivity contribution in [3.8, 4) is 0 Å². The van der Waals surface area contributed by atoms with E-state index in [2.05, 4.69) is 11.9 Å². The lowest BCUT2D eigenvalue weighted by atomic mass is 9.96. The molecule has 0 radical (unpaired) electrons. The first-order chi connectivity index (χ1) is 7.00. The van der Waals surface area contributed by atoms with Gasteiger partial charge in [0, 0.05) is 13.6 Å². The number of piperidine rings is 1. The first-order valence-corrected chi connectivity index (χ1v) is 5.69. The summed E-state index contributed by atoms with van der Waals surface area (Å²) in [6, 6.07) is -0.374. The minimum atomic E-state index is -0.374. The van der Waals surface area contributed by atoms with Crippen LogP contribution in [0.1, 0.15) is 19.8 Å². The predicted octanol–water partition coefficient (Wildman–Crippen LogP) is 0.134. The molecule has 0 aromatic rings. The molecule has 0 aromatic carbocycles. The van der Waals surface area contributed by atoms with E-state index in [0.717, 1.165) is 19.6 Å². The van der Waals surface area contributed by atoms with Gasteiger partial charge in [-0.05, 0) is 45.8 Å². The van der Waals surface area contributed by atoms with Gasteiger partial charge in [-0.1, -0.05) is 0 Å². The van der Waals surface area contributed by atoms with Crippen molar-refractivity contribution in [2.24, 2.45) is 11.7 Å². The van der Waals surface area contributed by atoms with E-state index >= 15 is 0 Å². The molecule has 4 nitrogen and oxygen atoms in total. The van der Waals surface area contributed by atoms with Crippen LogP contribution in [-0.4, -0.2) is 55.5 Å². The monoisotopic (exact) mass is 213 g/mol. The van der Waals surface area contributed by atoms with Gasteiger partial charge in [0.15, 0.2) is 0 Å². The molecule has 1 aliphatic heterocycles. The Morgan fingerprint density at radius 2 is 2.07 bits per heavy atom. The van der Waals surface area contributed by atoms with Crippen LogP contribution in [0.5, 0.6) is 0 Å². The Morgan fingerprint density at radius 1 is 1.53 bits per heavy atom. The van der Waals surface area contributed by atoms with Crippen LogP contribution >= 0.6 is 0 Å². The first-order valence-electron chi connectivity index (χ1n) is 5.69. The minimum Gasteiger partial charge on any atom is -0.344 e. The zero-order valence-electron chi connectivity index (χ0n) is 10.1. The summed E-state index contributed by atoms with van der Waals surface area (Å²) >= 11 is 0. The number of carbonyl (C=O) groups is 1. The second-order valence-corrected chi connectivity index (χ2v) is 4.75. The Hall–Kier alpha value is -0.610. The fourth-order valence-corrected chi connectivity index (χ4v) is 2.07. The predicted molar refractivity (Wildman–Crippen MR) is 61.5 cm³/mol. The smallest absolute Gasteiger partial charge is 0.238 e. The molecule has 2 N–H and O–H groups in total. The largest absolute Gasteiger partial charge is 0.344 e. The highest BCUT2D eigenvalue weighted by Crippen LogP contribution is 2.16. The summed E-state index contributed by atoms with van der Waals surface area (Å²) in [4.78, 5) is 15.7. The number of amides is 1. The molecule has 0 aromatic heterocycles. The molecule has 4 heteroatoms. The van der Waals surface area contributed by atoms with E-state index in [1.807, 2.05) is 7.05 Å². The molecular weight excluding hydrogens is 190 g/mol. The molecule has 0 saturated carbocycles. The summed E-state index contributed by atoms with van der Waals surface area (Å²) < 4.78 is 0. The number of likely N-dealkylation sites (N-methyl/N-ethyl adjacent to an activating group) is 1. The SMILES string of the molecule is C[C@@H](N)C(=O)N(C)CC1CCN(C)CC1. The van der Waals surface area contributed by atoms with Crippen molar-refractivity contribution in [1.82, 2.24) is 9.80 Å². The number of likely N-dealkylation sites (tertiary alicyclic amines) is 1. The van der Waals surface area contributed by atoms with E-state index in [0.29, 0.717) is 5.92 Å². The molecule has 1 atom stereocenters. The van der Waals surface area contributed by atoms with Crippen molar-refractivity contribution in [3.63, 3.8) is 0 Å². The van der Waals surface area contributed by atoms with E-state index in [-0.39, 0.29) is 11.9 Å². The second kappa shape index (κ2) is 5.47. The Morgan fingerprint density at radius 3 is 2.53 bits per heavy atom. The van der Waals surface area contributed by atoms with Crippen LogP contribution in [0.15, 0.2) is 0 Å². The van der Waals surface area contributed by atoms with Crippen molar-refractivity contribution in [2.45, 2.75) is 25.8 Å². The number of hydrogen-bond donors (Lipinski definition) is 1. The third-order valence-corrected chi connectivity index (χ3v) is 3.14. The molecule has 1 saturated heterocycles. The van der Waals surface area contributed by atoms with Crippen molar-refractivity contribution < 1.29 is 4.79 Å². The van der Waals surface area contributed by atoms with Gasteiger partial charge < -0.3 is 15.5 Å². The molecule has 0 aliphatic carbocycles. The van der Waals surface area contributed by atoms with Crippen molar-refractivity contribution in [3.05, 3.63) is 0 Å². The molecule has 0 spiro atoms. The fraction of sp³-hybridized carbons (Fsp3) is 0.909. The van der Waals surface area contributed by atoms with Gasteiger partial charge in [0.25, 0.3) is 0 Å². The van der Waals surface area contributed by atoms with Gasteiger partial charge in [0.1, 0.15) is 0 Å². The quantitative estimate of drug-likeness (QED) is 0.725. The van der Waals surface area contributed by atoms with E-state index in [1.54, 1.807) is 11.8 Å². The van der Waals surface area contributed by atoms with E-state index in [9.17, 15) is 4.79 Å². The maximum atomic E-state index is 11.6. The maximum absolute atomic E-state index is 11.6. The molecular formula is C11H23N3O. The molecule has 15 heavy (non-hydrogen) atoms. The van der Waals surface area contributed by atoms with Crippen LogP contribution < -0.4 is 5.73 Å². The van der Waals surface area contributed by atoms with E-state index < -0.39 is 0 Å².